The molecule has 90 valence electrons. The summed E-state index contributed by atoms with van der Waals surface area (Å²) in [7, 11) is 0. The van der Waals surface area contributed by atoms with Crippen LogP contribution in [0.2, 0.25) is 0 Å². The zero-order valence-electron chi connectivity index (χ0n) is 9.89. The molecule has 0 amide bonds. The Bertz CT molecular complexity index is 516. The van der Waals surface area contributed by atoms with E-state index in [0.29, 0.717) is 6.61 Å². The van der Waals surface area contributed by atoms with Crippen molar-refractivity contribution in [3.05, 3.63) is 29.7 Å². The molecule has 0 aliphatic carbocycles. The fourth-order valence-corrected chi connectivity index (χ4v) is 2.07. The van der Waals surface area contributed by atoms with E-state index in [1.807, 2.05) is 23.0 Å². The average Bonchev–Trinajstić information content (AvgIpc) is 2.81. The van der Waals surface area contributed by atoms with Crippen LogP contribution in [0.15, 0.2) is 18.5 Å². The first-order valence-electron chi connectivity index (χ1n) is 6.02. The number of rotatable bonds is 2. The Kier molecular flexibility index (Phi) is 2.78. The minimum absolute atomic E-state index is 0.231. The van der Waals surface area contributed by atoms with Gasteiger partial charge in [-0.15, -0.1) is 0 Å². The third kappa shape index (κ3) is 2.03. The minimum atomic E-state index is 0.231. The quantitative estimate of drug-likeness (QED) is 0.837. The standard InChI is InChI=1S/C12H16N4O/c1-2-10-5-12-14-6-9(7-16(12)15-10)11-8-17-4-3-13-11/h5-7,11,13H,2-4,8H2,1H3. The molecule has 0 bridgehead atoms. The van der Waals surface area contributed by atoms with Gasteiger partial charge in [0.2, 0.25) is 0 Å². The Morgan fingerprint density at radius 1 is 1.59 bits per heavy atom. The highest BCUT2D eigenvalue weighted by Gasteiger charge is 2.16. The summed E-state index contributed by atoms with van der Waals surface area (Å²) < 4.78 is 7.31. The van der Waals surface area contributed by atoms with Crippen LogP contribution in [0.5, 0.6) is 0 Å². The molecular weight excluding hydrogens is 216 g/mol. The normalized spacial score (nSPS) is 20.9. The van der Waals surface area contributed by atoms with Gasteiger partial charge in [0.1, 0.15) is 0 Å². The number of fused-ring (bicyclic) bond motifs is 1. The van der Waals surface area contributed by atoms with E-state index in [-0.39, 0.29) is 6.04 Å². The number of nitrogens with one attached hydrogen (secondary N) is 1. The van der Waals surface area contributed by atoms with Crippen LogP contribution in [0, 0.1) is 0 Å². The Morgan fingerprint density at radius 3 is 3.29 bits per heavy atom. The van der Waals surface area contributed by atoms with Gasteiger partial charge < -0.3 is 10.1 Å². The van der Waals surface area contributed by atoms with Gasteiger partial charge in [-0.1, -0.05) is 6.92 Å². The van der Waals surface area contributed by atoms with E-state index in [9.17, 15) is 0 Å². The van der Waals surface area contributed by atoms with Gasteiger partial charge in [0.25, 0.3) is 0 Å². The highest BCUT2D eigenvalue weighted by molar-refractivity contribution is 5.39. The molecule has 5 heteroatoms. The molecule has 3 heterocycles. The first kappa shape index (κ1) is 10.7. The van der Waals surface area contributed by atoms with E-state index in [1.165, 1.54) is 0 Å². The third-order valence-electron chi connectivity index (χ3n) is 3.07. The predicted molar refractivity (Wildman–Crippen MR) is 63.9 cm³/mol. The number of morpholine rings is 1. The van der Waals surface area contributed by atoms with E-state index >= 15 is 0 Å². The molecule has 0 spiro atoms. The van der Waals surface area contributed by atoms with Gasteiger partial charge in [-0.05, 0) is 6.42 Å². The number of hydrogen-bond acceptors (Lipinski definition) is 4. The Hall–Kier alpha value is -1.46. The lowest BCUT2D eigenvalue weighted by Crippen LogP contribution is -2.34. The summed E-state index contributed by atoms with van der Waals surface area (Å²) in [6.07, 6.45) is 4.88. The summed E-state index contributed by atoms with van der Waals surface area (Å²) >= 11 is 0. The van der Waals surface area contributed by atoms with Crippen molar-refractivity contribution in [2.24, 2.45) is 0 Å². The molecule has 2 aromatic rings. The van der Waals surface area contributed by atoms with E-state index in [1.54, 1.807) is 0 Å². The second-order valence-corrected chi connectivity index (χ2v) is 4.26. The Labute approximate surface area is 99.8 Å². The summed E-state index contributed by atoms with van der Waals surface area (Å²) in [4.78, 5) is 4.43. The van der Waals surface area contributed by atoms with Crippen LogP contribution in [0.3, 0.4) is 0 Å². The number of nitrogens with zero attached hydrogens (tertiary/aromatic N) is 3. The van der Waals surface area contributed by atoms with Crippen LogP contribution in [0.25, 0.3) is 5.65 Å². The SMILES string of the molecule is CCc1cc2ncc(C3COCCN3)cn2n1. The Balaban J connectivity index is 1.94. The van der Waals surface area contributed by atoms with Crippen molar-refractivity contribution in [1.29, 1.82) is 0 Å². The topological polar surface area (TPSA) is 51.5 Å². The van der Waals surface area contributed by atoms with Crippen molar-refractivity contribution in [2.45, 2.75) is 19.4 Å². The van der Waals surface area contributed by atoms with Crippen LogP contribution >= 0.6 is 0 Å². The van der Waals surface area contributed by atoms with Gasteiger partial charge in [-0.25, -0.2) is 9.50 Å². The van der Waals surface area contributed by atoms with Crippen molar-refractivity contribution < 1.29 is 4.74 Å². The molecule has 1 atom stereocenters. The largest absolute Gasteiger partial charge is 0.378 e. The van der Waals surface area contributed by atoms with E-state index in [4.69, 9.17) is 4.74 Å². The van der Waals surface area contributed by atoms with Crippen LogP contribution in [0.4, 0.5) is 0 Å². The molecule has 1 unspecified atom stereocenters. The maximum absolute atomic E-state index is 5.45. The highest BCUT2D eigenvalue weighted by atomic mass is 16.5. The molecule has 0 radical (unpaired) electrons. The lowest BCUT2D eigenvalue weighted by molar-refractivity contribution is 0.0766. The maximum Gasteiger partial charge on any atom is 0.155 e. The predicted octanol–water partition coefficient (Wildman–Crippen LogP) is 0.953. The van der Waals surface area contributed by atoms with Crippen molar-refractivity contribution >= 4 is 5.65 Å². The number of hydrogen-bond donors (Lipinski definition) is 1. The molecule has 3 rings (SSSR count). The lowest BCUT2D eigenvalue weighted by atomic mass is 10.1. The first-order chi connectivity index (χ1) is 8.36. The van der Waals surface area contributed by atoms with E-state index < -0.39 is 0 Å². The number of aromatic nitrogens is 3. The zero-order valence-corrected chi connectivity index (χ0v) is 9.89. The molecule has 17 heavy (non-hydrogen) atoms. The van der Waals surface area contributed by atoms with Crippen molar-refractivity contribution in [3.8, 4) is 0 Å². The van der Waals surface area contributed by atoms with Crippen molar-refractivity contribution in [1.82, 2.24) is 19.9 Å². The smallest absolute Gasteiger partial charge is 0.155 e. The van der Waals surface area contributed by atoms with Crippen LogP contribution in [-0.2, 0) is 11.2 Å². The molecule has 1 aliphatic rings. The Morgan fingerprint density at radius 2 is 2.53 bits per heavy atom. The molecule has 5 nitrogen and oxygen atoms in total. The van der Waals surface area contributed by atoms with Crippen LogP contribution in [0.1, 0.15) is 24.2 Å². The summed E-state index contributed by atoms with van der Waals surface area (Å²) in [6, 6.07) is 2.25. The van der Waals surface area contributed by atoms with Gasteiger partial charge in [-0.3, -0.25) is 0 Å². The molecular formula is C12H16N4O. The summed E-state index contributed by atoms with van der Waals surface area (Å²) in [5.74, 6) is 0. The molecule has 1 aliphatic heterocycles. The van der Waals surface area contributed by atoms with Gasteiger partial charge in [0.05, 0.1) is 24.9 Å². The minimum Gasteiger partial charge on any atom is -0.378 e. The van der Waals surface area contributed by atoms with Crippen molar-refractivity contribution in [2.75, 3.05) is 19.8 Å². The van der Waals surface area contributed by atoms with Crippen molar-refractivity contribution in [3.63, 3.8) is 0 Å². The van der Waals surface area contributed by atoms with Crippen LogP contribution in [-0.4, -0.2) is 34.4 Å². The molecule has 2 aromatic heterocycles. The molecule has 0 aromatic carbocycles. The fraction of sp³-hybridized carbons (Fsp3) is 0.500. The van der Waals surface area contributed by atoms with Gasteiger partial charge in [0.15, 0.2) is 5.65 Å². The van der Waals surface area contributed by atoms with E-state index in [2.05, 4.69) is 22.3 Å². The zero-order chi connectivity index (χ0) is 11.7. The third-order valence-corrected chi connectivity index (χ3v) is 3.07. The van der Waals surface area contributed by atoms with Gasteiger partial charge in [-0.2, -0.15) is 5.10 Å². The second kappa shape index (κ2) is 4.43. The van der Waals surface area contributed by atoms with Gasteiger partial charge >= 0.3 is 0 Å². The first-order valence-corrected chi connectivity index (χ1v) is 6.02. The maximum atomic E-state index is 5.45. The number of ether oxygens (including phenoxy) is 1. The molecule has 1 fully saturated rings. The fourth-order valence-electron chi connectivity index (χ4n) is 2.07. The highest BCUT2D eigenvalue weighted by Crippen LogP contribution is 2.15. The summed E-state index contributed by atoms with van der Waals surface area (Å²) in [5, 5.41) is 7.89. The summed E-state index contributed by atoms with van der Waals surface area (Å²) in [6.45, 7) is 4.48. The molecule has 1 saturated heterocycles. The molecule has 1 N–H and O–H groups in total. The second-order valence-electron chi connectivity index (χ2n) is 4.26. The molecule has 0 saturated carbocycles. The lowest BCUT2D eigenvalue weighted by Gasteiger charge is -2.23. The van der Waals surface area contributed by atoms with E-state index in [0.717, 1.165) is 36.5 Å². The van der Waals surface area contributed by atoms with Crippen LogP contribution < -0.4 is 5.32 Å². The van der Waals surface area contributed by atoms with Gasteiger partial charge in [0, 0.05) is 30.6 Å². The monoisotopic (exact) mass is 232 g/mol. The number of aryl methyl sites for hydroxylation is 1. The summed E-state index contributed by atoms with van der Waals surface area (Å²) in [5.41, 5.74) is 3.10. The average molecular weight is 232 g/mol.